The third-order valence-corrected chi connectivity index (χ3v) is 5.28. The van der Waals surface area contributed by atoms with Crippen LogP contribution in [0.25, 0.3) is 10.9 Å². The predicted molar refractivity (Wildman–Crippen MR) is 85.4 cm³/mol. The summed E-state index contributed by atoms with van der Waals surface area (Å²) in [6.45, 7) is 1.93. The summed E-state index contributed by atoms with van der Waals surface area (Å²) in [5.74, 6) is 0.432. The number of piperidine rings is 1. The first-order valence-electron chi connectivity index (χ1n) is 8.20. The van der Waals surface area contributed by atoms with Crippen LogP contribution >= 0.6 is 0 Å². The van der Waals surface area contributed by atoms with Crippen molar-refractivity contribution in [2.24, 2.45) is 5.92 Å². The monoisotopic (exact) mass is 298 g/mol. The normalized spacial score (nSPS) is 23.7. The molecule has 0 spiro atoms. The Kier molecular flexibility index (Phi) is 3.22. The lowest BCUT2D eigenvalue weighted by Gasteiger charge is -2.35. The second-order valence-electron chi connectivity index (χ2n) is 6.78. The van der Waals surface area contributed by atoms with Gasteiger partial charge in [0.25, 0.3) is 0 Å². The van der Waals surface area contributed by atoms with E-state index in [9.17, 15) is 9.90 Å². The van der Waals surface area contributed by atoms with Gasteiger partial charge in [-0.05, 0) is 43.2 Å². The lowest BCUT2D eigenvalue weighted by Crippen LogP contribution is -2.45. The highest BCUT2D eigenvalue weighted by atomic mass is 16.3. The number of amides is 1. The van der Waals surface area contributed by atoms with Gasteiger partial charge in [0, 0.05) is 30.7 Å². The zero-order chi connectivity index (χ0) is 15.2. The first kappa shape index (κ1) is 13.8. The van der Waals surface area contributed by atoms with Gasteiger partial charge in [-0.1, -0.05) is 18.2 Å². The average molecular weight is 298 g/mol. The maximum atomic E-state index is 12.6. The van der Waals surface area contributed by atoms with Gasteiger partial charge in [-0.25, -0.2) is 0 Å². The Labute approximate surface area is 130 Å². The quantitative estimate of drug-likeness (QED) is 0.946. The fraction of sp³-hybridized carbons (Fsp3) is 0.500. The molecule has 1 aliphatic heterocycles. The summed E-state index contributed by atoms with van der Waals surface area (Å²) in [6, 6.07) is 10.2. The van der Waals surface area contributed by atoms with Crippen LogP contribution in [0.2, 0.25) is 0 Å². The van der Waals surface area contributed by atoms with E-state index in [4.69, 9.17) is 0 Å². The maximum absolute atomic E-state index is 12.6. The number of fused-ring (bicyclic) bond motifs is 1. The maximum Gasteiger partial charge on any atom is 0.242 e. The zero-order valence-electron chi connectivity index (χ0n) is 12.7. The zero-order valence-corrected chi connectivity index (χ0v) is 12.7. The Morgan fingerprint density at radius 1 is 1.27 bits per heavy atom. The van der Waals surface area contributed by atoms with Crippen molar-refractivity contribution in [1.29, 1.82) is 0 Å². The van der Waals surface area contributed by atoms with Gasteiger partial charge in [-0.2, -0.15) is 0 Å². The number of carbonyl (C=O) groups is 1. The molecule has 4 nitrogen and oxygen atoms in total. The lowest BCUT2D eigenvalue weighted by atomic mass is 9.90. The van der Waals surface area contributed by atoms with Crippen molar-refractivity contribution in [3.63, 3.8) is 0 Å². The summed E-state index contributed by atoms with van der Waals surface area (Å²) in [4.78, 5) is 14.6. The van der Waals surface area contributed by atoms with Gasteiger partial charge in [-0.15, -0.1) is 0 Å². The van der Waals surface area contributed by atoms with Crippen LogP contribution in [0.4, 0.5) is 0 Å². The molecule has 1 atom stereocenters. The second-order valence-corrected chi connectivity index (χ2v) is 6.78. The number of benzene rings is 1. The number of hydrogen-bond donors (Lipinski definition) is 1. The molecule has 2 aromatic rings. The molecule has 116 valence electrons. The molecule has 4 heteroatoms. The molecule has 4 rings (SSSR count). The molecule has 2 fully saturated rings. The number of aliphatic hydroxyl groups is 1. The van der Waals surface area contributed by atoms with Gasteiger partial charge in [0.2, 0.25) is 5.91 Å². The van der Waals surface area contributed by atoms with E-state index in [1.54, 1.807) is 0 Å². The number of carbonyl (C=O) groups excluding carboxylic acids is 1. The molecule has 1 aromatic carbocycles. The molecule has 1 aliphatic carbocycles. The summed E-state index contributed by atoms with van der Waals surface area (Å²) in [6.07, 6.45) is 5.85. The smallest absolute Gasteiger partial charge is 0.242 e. The Morgan fingerprint density at radius 2 is 2.09 bits per heavy atom. The van der Waals surface area contributed by atoms with Crippen molar-refractivity contribution < 1.29 is 9.90 Å². The summed E-state index contributed by atoms with van der Waals surface area (Å²) < 4.78 is 2.02. The SMILES string of the molecule is O=C(Cn1ccc2ccccc21)N1CCCC(C2(O)CC2)C1. The van der Waals surface area contributed by atoms with Crippen LogP contribution in [0, 0.1) is 5.92 Å². The van der Waals surface area contributed by atoms with E-state index >= 15 is 0 Å². The number of para-hydroxylation sites is 1. The minimum Gasteiger partial charge on any atom is -0.390 e. The minimum absolute atomic E-state index is 0.162. The van der Waals surface area contributed by atoms with Crippen molar-refractivity contribution in [1.82, 2.24) is 9.47 Å². The van der Waals surface area contributed by atoms with Crippen LogP contribution in [0.15, 0.2) is 36.5 Å². The largest absolute Gasteiger partial charge is 0.390 e. The van der Waals surface area contributed by atoms with E-state index in [1.165, 1.54) is 5.39 Å². The van der Waals surface area contributed by atoms with Crippen LogP contribution in [0.3, 0.4) is 0 Å². The molecule has 2 aliphatic rings. The third-order valence-electron chi connectivity index (χ3n) is 5.28. The van der Waals surface area contributed by atoms with E-state index in [1.807, 2.05) is 27.8 Å². The Hall–Kier alpha value is -1.81. The van der Waals surface area contributed by atoms with Crippen LogP contribution in [0.1, 0.15) is 25.7 Å². The number of nitrogens with zero attached hydrogens (tertiary/aromatic N) is 2. The fourth-order valence-corrected chi connectivity index (χ4v) is 3.70. The number of aromatic nitrogens is 1. The Morgan fingerprint density at radius 3 is 2.91 bits per heavy atom. The Bertz CT molecular complexity index is 702. The van der Waals surface area contributed by atoms with Gasteiger partial charge in [-0.3, -0.25) is 4.79 Å². The summed E-state index contributed by atoms with van der Waals surface area (Å²) in [7, 11) is 0. The molecule has 1 N–H and O–H groups in total. The lowest BCUT2D eigenvalue weighted by molar-refractivity contribution is -0.134. The van der Waals surface area contributed by atoms with Gasteiger partial charge in [0.1, 0.15) is 6.54 Å². The van der Waals surface area contributed by atoms with Crippen molar-refractivity contribution in [2.45, 2.75) is 37.8 Å². The topological polar surface area (TPSA) is 45.5 Å². The summed E-state index contributed by atoms with van der Waals surface area (Å²) in [5, 5.41) is 11.5. The molecular formula is C18H22N2O2. The summed E-state index contributed by atoms with van der Waals surface area (Å²) in [5.41, 5.74) is 0.629. The predicted octanol–water partition coefficient (Wildman–Crippen LogP) is 2.40. The van der Waals surface area contributed by atoms with Crippen LogP contribution < -0.4 is 0 Å². The van der Waals surface area contributed by atoms with Gasteiger partial charge in [0.15, 0.2) is 0 Å². The van der Waals surface area contributed by atoms with Crippen LogP contribution in [0.5, 0.6) is 0 Å². The molecule has 1 saturated carbocycles. The molecule has 22 heavy (non-hydrogen) atoms. The highest BCUT2D eigenvalue weighted by Crippen LogP contribution is 2.45. The van der Waals surface area contributed by atoms with Gasteiger partial charge in [0.05, 0.1) is 5.60 Å². The van der Waals surface area contributed by atoms with Crippen molar-refractivity contribution in [2.75, 3.05) is 13.1 Å². The van der Waals surface area contributed by atoms with E-state index in [0.29, 0.717) is 13.1 Å². The van der Waals surface area contributed by atoms with E-state index < -0.39 is 5.60 Å². The highest BCUT2D eigenvalue weighted by molar-refractivity contribution is 5.83. The standard InChI is InChI=1S/C18H22N2O2/c21-17(13-19-11-7-14-4-1-2-6-16(14)19)20-10-3-5-15(12-20)18(22)8-9-18/h1-2,4,6-7,11,15,22H,3,5,8-10,12-13H2. The second kappa shape index (κ2) is 5.13. The molecular weight excluding hydrogens is 276 g/mol. The van der Waals surface area contributed by atoms with E-state index in [2.05, 4.69) is 18.2 Å². The summed E-state index contributed by atoms with van der Waals surface area (Å²) >= 11 is 0. The van der Waals surface area contributed by atoms with Crippen LogP contribution in [-0.4, -0.2) is 39.2 Å². The number of hydrogen-bond acceptors (Lipinski definition) is 2. The van der Waals surface area contributed by atoms with E-state index in [0.717, 1.165) is 37.7 Å². The molecule has 1 unspecified atom stereocenters. The molecule has 1 saturated heterocycles. The van der Waals surface area contributed by atoms with Gasteiger partial charge < -0.3 is 14.6 Å². The fourth-order valence-electron chi connectivity index (χ4n) is 3.70. The Balaban J connectivity index is 1.47. The third kappa shape index (κ3) is 2.41. The molecule has 2 heterocycles. The average Bonchev–Trinajstić information content (AvgIpc) is 3.18. The van der Waals surface area contributed by atoms with Gasteiger partial charge >= 0.3 is 0 Å². The highest BCUT2D eigenvalue weighted by Gasteiger charge is 2.48. The van der Waals surface area contributed by atoms with Crippen molar-refractivity contribution in [3.8, 4) is 0 Å². The minimum atomic E-state index is -0.473. The molecule has 1 aromatic heterocycles. The molecule has 0 radical (unpaired) electrons. The molecule has 0 bridgehead atoms. The number of likely N-dealkylation sites (tertiary alicyclic amines) is 1. The first-order chi connectivity index (χ1) is 10.7. The first-order valence-corrected chi connectivity index (χ1v) is 8.20. The van der Waals surface area contributed by atoms with Crippen molar-refractivity contribution >= 4 is 16.8 Å². The molecule has 1 amide bonds. The van der Waals surface area contributed by atoms with Crippen molar-refractivity contribution in [3.05, 3.63) is 36.5 Å². The number of rotatable bonds is 3. The van der Waals surface area contributed by atoms with E-state index in [-0.39, 0.29) is 11.8 Å². The van der Waals surface area contributed by atoms with Crippen LogP contribution in [-0.2, 0) is 11.3 Å².